The number of hydrogen-bond donors (Lipinski definition) is 1. The van der Waals surface area contributed by atoms with Gasteiger partial charge in [-0.15, -0.1) is 0 Å². The number of nitrogens with one attached hydrogen (secondary N) is 1. The summed E-state index contributed by atoms with van der Waals surface area (Å²) >= 11 is 6.46. The van der Waals surface area contributed by atoms with E-state index < -0.39 is 6.04 Å². The number of carbonyl (C=O) groups excluding carboxylic acids is 1. The Morgan fingerprint density at radius 1 is 0.939 bits per heavy atom. The lowest BCUT2D eigenvalue weighted by atomic mass is 9.72. The largest absolute Gasteiger partial charge is 0.493 e. The fourth-order valence-corrected chi connectivity index (χ4v) is 8.24. The molecule has 1 amide bonds. The maximum atomic E-state index is 13.4. The number of pyridine rings is 1. The van der Waals surface area contributed by atoms with Gasteiger partial charge in [0.15, 0.2) is 23.0 Å². The Labute approximate surface area is 290 Å². The fourth-order valence-electron chi connectivity index (χ4n) is 8.03. The Bertz CT molecular complexity index is 2010. The number of carbonyl (C=O) groups is 1. The molecule has 49 heavy (non-hydrogen) atoms. The normalized spacial score (nSPS) is 22.8. The molecule has 3 aromatic carbocycles. The molecule has 3 aliphatic heterocycles. The number of nitriles is 1. The minimum Gasteiger partial charge on any atom is -0.493 e. The summed E-state index contributed by atoms with van der Waals surface area (Å²) in [5, 5.41) is 15.2. The first-order valence-electron chi connectivity index (χ1n) is 16.2. The van der Waals surface area contributed by atoms with Crippen LogP contribution in [0.25, 0.3) is 17.0 Å². The van der Waals surface area contributed by atoms with Crippen LogP contribution in [0.2, 0.25) is 5.15 Å². The first kappa shape index (κ1) is 32.7. The van der Waals surface area contributed by atoms with Crippen molar-refractivity contribution in [1.29, 1.82) is 5.26 Å². The summed E-state index contributed by atoms with van der Waals surface area (Å²) in [6, 6.07) is 19.4. The van der Waals surface area contributed by atoms with Crippen LogP contribution in [0.3, 0.4) is 0 Å². The van der Waals surface area contributed by atoms with Crippen molar-refractivity contribution >= 4 is 34.5 Å². The minimum absolute atomic E-state index is 0.0416. The van der Waals surface area contributed by atoms with Crippen LogP contribution in [0.4, 0.5) is 0 Å². The third kappa shape index (κ3) is 5.62. The van der Waals surface area contributed by atoms with E-state index in [1.165, 1.54) is 6.08 Å². The molecular formula is C38H38ClN5O5. The molecule has 1 saturated heterocycles. The number of hydrogen-bond acceptors (Lipinski definition) is 9. The standard InChI is InChI=1S/C38H38ClN5O5/c1-43-28-13-24-16-33(47-3)35(49-5)18-26(24)37(43)29-14-23-15-32(46-2)34(48-4)17-25(23)31(44(29)30(28)19-40)20-41-36(45)11-10-22-12-21-8-6-7-9-27(21)42-38(22)39/h6-12,15-18,28-31,37H,13-14,20H2,1-5H3,(H,41,45)/b11-10+/t28-,29-,30-,31-,37+/m0/s1. The molecular weight excluding hydrogens is 642 g/mol. The zero-order valence-electron chi connectivity index (χ0n) is 28.1. The molecule has 252 valence electrons. The highest BCUT2D eigenvalue weighted by molar-refractivity contribution is 6.31. The molecule has 10 nitrogen and oxygen atoms in total. The van der Waals surface area contributed by atoms with E-state index in [9.17, 15) is 10.1 Å². The lowest BCUT2D eigenvalue weighted by Gasteiger charge is -2.60. The zero-order chi connectivity index (χ0) is 34.4. The quantitative estimate of drug-likeness (QED) is 0.190. The third-order valence-electron chi connectivity index (χ3n) is 10.3. The van der Waals surface area contributed by atoms with Crippen molar-refractivity contribution in [2.24, 2.45) is 0 Å². The van der Waals surface area contributed by atoms with E-state index in [0.29, 0.717) is 46.6 Å². The van der Waals surface area contributed by atoms with Gasteiger partial charge in [0, 0.05) is 35.7 Å². The topological polar surface area (TPSA) is 109 Å². The Morgan fingerprint density at radius 2 is 1.55 bits per heavy atom. The van der Waals surface area contributed by atoms with E-state index in [2.05, 4.69) is 45.4 Å². The predicted octanol–water partition coefficient (Wildman–Crippen LogP) is 5.52. The molecule has 5 atom stereocenters. The van der Waals surface area contributed by atoms with Gasteiger partial charge in [-0.3, -0.25) is 14.6 Å². The molecule has 7 rings (SSSR count). The van der Waals surface area contributed by atoms with Crippen LogP contribution in [-0.4, -0.2) is 80.8 Å². The Kier molecular flexibility index (Phi) is 8.84. The highest BCUT2D eigenvalue weighted by Crippen LogP contribution is 2.52. The van der Waals surface area contributed by atoms with Gasteiger partial charge in [0.2, 0.25) is 5.91 Å². The van der Waals surface area contributed by atoms with E-state index in [4.69, 9.17) is 30.5 Å². The lowest BCUT2D eigenvalue weighted by Crippen LogP contribution is -2.68. The summed E-state index contributed by atoms with van der Waals surface area (Å²) in [6.07, 6.45) is 4.50. The van der Waals surface area contributed by atoms with Gasteiger partial charge >= 0.3 is 0 Å². The molecule has 11 heteroatoms. The molecule has 4 aromatic rings. The number of ether oxygens (including phenoxy) is 4. The number of aromatic nitrogens is 1. The van der Waals surface area contributed by atoms with Crippen molar-refractivity contribution in [2.75, 3.05) is 42.0 Å². The van der Waals surface area contributed by atoms with Crippen molar-refractivity contribution in [1.82, 2.24) is 20.1 Å². The highest BCUT2D eigenvalue weighted by atomic mass is 35.5. The number of benzene rings is 3. The second-order valence-corrected chi connectivity index (χ2v) is 13.0. The van der Waals surface area contributed by atoms with Crippen molar-refractivity contribution in [3.05, 3.63) is 93.6 Å². The van der Waals surface area contributed by atoms with Gasteiger partial charge in [-0.25, -0.2) is 4.98 Å². The first-order valence-corrected chi connectivity index (χ1v) is 16.6. The number of amides is 1. The Hall–Kier alpha value is -4.82. The van der Waals surface area contributed by atoms with Crippen molar-refractivity contribution in [2.45, 2.75) is 43.1 Å². The minimum atomic E-state index is -0.450. The number of halogens is 1. The number of fused-ring (bicyclic) bond motifs is 8. The summed E-state index contributed by atoms with van der Waals surface area (Å²) in [6.45, 7) is 0.270. The fraction of sp³-hybridized carbons (Fsp3) is 0.342. The van der Waals surface area contributed by atoms with Gasteiger partial charge in [0.05, 0.1) is 52.1 Å². The summed E-state index contributed by atoms with van der Waals surface area (Å²) in [5.74, 6) is 2.30. The van der Waals surface area contributed by atoms with E-state index in [0.717, 1.165) is 33.2 Å². The first-order chi connectivity index (χ1) is 23.8. The lowest BCUT2D eigenvalue weighted by molar-refractivity contribution is -0.117. The monoisotopic (exact) mass is 679 g/mol. The molecule has 3 aliphatic rings. The molecule has 2 bridgehead atoms. The molecule has 1 aromatic heterocycles. The molecule has 0 spiro atoms. The summed E-state index contributed by atoms with van der Waals surface area (Å²) < 4.78 is 22.8. The number of methoxy groups -OCH3 is 4. The molecule has 0 aliphatic carbocycles. The second kappa shape index (κ2) is 13.2. The summed E-state index contributed by atoms with van der Waals surface area (Å²) in [4.78, 5) is 22.5. The van der Waals surface area contributed by atoms with E-state index in [1.54, 1.807) is 34.5 Å². The average molecular weight is 680 g/mol. The Morgan fingerprint density at radius 3 is 2.22 bits per heavy atom. The van der Waals surface area contributed by atoms with Crippen LogP contribution in [-0.2, 0) is 17.6 Å². The van der Waals surface area contributed by atoms with Gasteiger partial charge in [-0.2, -0.15) is 5.26 Å². The maximum absolute atomic E-state index is 13.4. The predicted molar refractivity (Wildman–Crippen MR) is 187 cm³/mol. The van der Waals surface area contributed by atoms with Crippen molar-refractivity contribution < 1.29 is 23.7 Å². The molecule has 1 fully saturated rings. The zero-order valence-corrected chi connectivity index (χ0v) is 28.8. The molecule has 1 N–H and O–H groups in total. The second-order valence-electron chi connectivity index (χ2n) is 12.6. The summed E-state index contributed by atoms with van der Waals surface area (Å²) in [7, 11) is 8.63. The van der Waals surface area contributed by atoms with Gasteiger partial charge in [0.25, 0.3) is 0 Å². The van der Waals surface area contributed by atoms with Crippen LogP contribution >= 0.6 is 11.6 Å². The highest BCUT2D eigenvalue weighted by Gasteiger charge is 2.54. The third-order valence-corrected chi connectivity index (χ3v) is 10.6. The maximum Gasteiger partial charge on any atom is 0.244 e. The van der Waals surface area contributed by atoms with Gasteiger partial charge in [0.1, 0.15) is 11.2 Å². The number of rotatable bonds is 8. The van der Waals surface area contributed by atoms with Gasteiger partial charge < -0.3 is 24.3 Å². The van der Waals surface area contributed by atoms with Crippen molar-refractivity contribution in [3.8, 4) is 29.1 Å². The van der Waals surface area contributed by atoms with Crippen LogP contribution < -0.4 is 24.3 Å². The average Bonchev–Trinajstić information content (AvgIpc) is 3.11. The smallest absolute Gasteiger partial charge is 0.244 e. The number of piperazine rings is 1. The molecule has 0 radical (unpaired) electrons. The number of likely N-dealkylation sites (N-methyl/N-ethyl adjacent to an activating group) is 1. The SMILES string of the molecule is COc1cc2c(cc1OC)[C@@H]1[C@@H]3Cc4cc(OC)c(OC)cc4[C@H](CNC(=O)/C=C/c4cc5ccccc5nc4Cl)N3[C@@H](C#N)[C@H](C2)N1C. The van der Waals surface area contributed by atoms with E-state index in [1.807, 2.05) is 42.5 Å². The molecule has 0 saturated carbocycles. The number of para-hydroxylation sites is 1. The molecule has 4 heterocycles. The van der Waals surface area contributed by atoms with Crippen LogP contribution in [0.15, 0.2) is 60.7 Å². The number of nitrogens with zero attached hydrogens (tertiary/aromatic N) is 4. The van der Waals surface area contributed by atoms with Crippen LogP contribution in [0, 0.1) is 11.3 Å². The molecule has 0 unspecified atom stereocenters. The van der Waals surface area contributed by atoms with Crippen molar-refractivity contribution in [3.63, 3.8) is 0 Å². The van der Waals surface area contributed by atoms with Gasteiger partial charge in [-0.05, 0) is 84.6 Å². The van der Waals surface area contributed by atoms with Gasteiger partial charge in [-0.1, -0.05) is 29.8 Å². The van der Waals surface area contributed by atoms with Crippen LogP contribution in [0.5, 0.6) is 23.0 Å². The van der Waals surface area contributed by atoms with E-state index in [-0.39, 0.29) is 36.6 Å². The summed E-state index contributed by atoms with van der Waals surface area (Å²) in [5.41, 5.74) is 5.82. The Balaban J connectivity index is 1.26. The van der Waals surface area contributed by atoms with E-state index >= 15 is 0 Å². The van der Waals surface area contributed by atoms with Crippen LogP contribution in [0.1, 0.15) is 39.9 Å².